The maximum atomic E-state index is 12.5. The largest absolute Gasteiger partial charge is 0.508 e. The van der Waals surface area contributed by atoms with E-state index in [1.807, 2.05) is 12.1 Å². The molecule has 1 aromatic carbocycles. The highest BCUT2D eigenvalue weighted by atomic mass is 16.3. The lowest BCUT2D eigenvalue weighted by molar-refractivity contribution is 0.0872. The maximum Gasteiger partial charge on any atom is 0.287 e. The van der Waals surface area contributed by atoms with Gasteiger partial charge in [-0.1, -0.05) is 18.1 Å². The monoisotopic (exact) mass is 382 g/mol. The van der Waals surface area contributed by atoms with Gasteiger partial charge in [0.05, 0.1) is 0 Å². The predicted molar refractivity (Wildman–Crippen MR) is 106 cm³/mol. The third kappa shape index (κ3) is 5.88. The van der Waals surface area contributed by atoms with Gasteiger partial charge in [-0.15, -0.1) is 0 Å². The molecule has 1 saturated heterocycles. The zero-order valence-electron chi connectivity index (χ0n) is 16.2. The summed E-state index contributed by atoms with van der Waals surface area (Å²) in [5.74, 6) is 5.95. The van der Waals surface area contributed by atoms with E-state index in [1.165, 1.54) is 0 Å². The normalized spacial score (nSPS) is 17.6. The molecule has 1 atom stereocenters. The molecule has 148 valence electrons. The Balaban J connectivity index is 1.56. The number of phenolic OH excluding ortho intramolecular Hbond substituents is 1. The Labute approximate surface area is 165 Å². The number of piperidine rings is 1. The first kappa shape index (κ1) is 20.0. The van der Waals surface area contributed by atoms with E-state index in [-0.39, 0.29) is 23.5 Å². The van der Waals surface area contributed by atoms with Gasteiger partial charge >= 0.3 is 0 Å². The lowest BCUT2D eigenvalue weighted by Crippen LogP contribution is -2.47. The minimum atomic E-state index is -1.11. The zero-order valence-corrected chi connectivity index (χ0v) is 16.2. The number of nitrogens with zero attached hydrogens (tertiary/aromatic N) is 1. The van der Waals surface area contributed by atoms with Crippen LogP contribution in [0.1, 0.15) is 48.6 Å². The summed E-state index contributed by atoms with van der Waals surface area (Å²) in [6.07, 6.45) is 1.90. The highest BCUT2D eigenvalue weighted by Crippen LogP contribution is 2.17. The minimum absolute atomic E-state index is 0.0366. The van der Waals surface area contributed by atoms with Crippen LogP contribution in [0.5, 0.6) is 5.75 Å². The zero-order chi connectivity index (χ0) is 20.1. The van der Waals surface area contributed by atoms with E-state index in [0.717, 1.165) is 38.0 Å². The SMILES string of the molecule is CC(C)(O)C#Cc1ccc(C(=O)N[C@@H]2CCCN(Cc3cccc(O)c3)C2)o1. The highest BCUT2D eigenvalue weighted by Gasteiger charge is 2.23. The Kier molecular flexibility index (Phi) is 6.08. The van der Waals surface area contributed by atoms with E-state index in [0.29, 0.717) is 5.76 Å². The molecule has 2 aromatic rings. The molecule has 2 heterocycles. The van der Waals surface area contributed by atoms with E-state index >= 15 is 0 Å². The molecule has 0 bridgehead atoms. The molecular weight excluding hydrogens is 356 g/mol. The summed E-state index contributed by atoms with van der Waals surface area (Å²) in [5.41, 5.74) is -0.0657. The van der Waals surface area contributed by atoms with Crippen LogP contribution in [0, 0.1) is 11.8 Å². The second-order valence-electron chi connectivity index (χ2n) is 7.69. The van der Waals surface area contributed by atoms with Crippen LogP contribution in [0.3, 0.4) is 0 Å². The number of hydrogen-bond acceptors (Lipinski definition) is 5. The van der Waals surface area contributed by atoms with Gasteiger partial charge in [-0.25, -0.2) is 0 Å². The number of aliphatic hydroxyl groups is 1. The predicted octanol–water partition coefficient (Wildman–Crippen LogP) is 2.50. The van der Waals surface area contributed by atoms with Gasteiger partial charge in [0.15, 0.2) is 11.5 Å². The fraction of sp³-hybridized carbons (Fsp3) is 0.409. The van der Waals surface area contributed by atoms with E-state index in [2.05, 4.69) is 22.1 Å². The molecular formula is C22H26N2O4. The Morgan fingerprint density at radius 3 is 2.93 bits per heavy atom. The van der Waals surface area contributed by atoms with Gasteiger partial charge in [0, 0.05) is 19.1 Å². The van der Waals surface area contributed by atoms with Crippen molar-refractivity contribution in [3.05, 3.63) is 53.5 Å². The molecule has 1 aliphatic rings. The molecule has 28 heavy (non-hydrogen) atoms. The standard InChI is InChI=1S/C22H26N2O4/c1-22(2,27)11-10-19-8-9-20(28-19)21(26)23-17-6-4-12-24(15-17)14-16-5-3-7-18(25)13-16/h3,5,7-9,13,17,25,27H,4,6,12,14-15H2,1-2H3,(H,23,26)/t17-/m1/s1. The van der Waals surface area contributed by atoms with E-state index in [9.17, 15) is 15.0 Å². The first-order chi connectivity index (χ1) is 13.3. The summed E-state index contributed by atoms with van der Waals surface area (Å²) in [6, 6.07) is 10.5. The molecule has 0 aliphatic carbocycles. The quantitative estimate of drug-likeness (QED) is 0.708. The van der Waals surface area contributed by atoms with Gasteiger partial charge in [-0.05, 0) is 69.0 Å². The molecule has 0 spiro atoms. The number of phenols is 1. The Bertz CT molecular complexity index is 886. The number of likely N-dealkylation sites (tertiary alicyclic amines) is 1. The van der Waals surface area contributed by atoms with Crippen LogP contribution in [0.2, 0.25) is 0 Å². The van der Waals surface area contributed by atoms with Gasteiger partial charge in [0.25, 0.3) is 5.91 Å². The van der Waals surface area contributed by atoms with Crippen LogP contribution in [0.4, 0.5) is 0 Å². The Morgan fingerprint density at radius 1 is 1.36 bits per heavy atom. The van der Waals surface area contributed by atoms with Crippen LogP contribution in [0.15, 0.2) is 40.8 Å². The summed E-state index contributed by atoms with van der Waals surface area (Å²) in [5, 5.41) is 22.3. The smallest absolute Gasteiger partial charge is 0.287 e. The second kappa shape index (κ2) is 8.51. The van der Waals surface area contributed by atoms with Crippen LogP contribution < -0.4 is 5.32 Å². The number of furan rings is 1. The van der Waals surface area contributed by atoms with Crippen molar-refractivity contribution in [2.75, 3.05) is 13.1 Å². The highest BCUT2D eigenvalue weighted by molar-refractivity contribution is 5.91. The van der Waals surface area contributed by atoms with E-state index in [1.54, 1.807) is 38.1 Å². The van der Waals surface area contributed by atoms with Crippen molar-refractivity contribution in [2.45, 2.75) is 44.9 Å². The first-order valence-corrected chi connectivity index (χ1v) is 9.45. The fourth-order valence-electron chi connectivity index (χ4n) is 3.23. The number of rotatable bonds is 4. The molecule has 6 heteroatoms. The van der Waals surface area contributed by atoms with E-state index in [4.69, 9.17) is 4.42 Å². The average molecular weight is 382 g/mol. The van der Waals surface area contributed by atoms with Crippen LogP contribution in [-0.4, -0.2) is 45.8 Å². The van der Waals surface area contributed by atoms with Gasteiger partial charge in [0.2, 0.25) is 0 Å². The van der Waals surface area contributed by atoms with Crippen LogP contribution in [0.25, 0.3) is 0 Å². The first-order valence-electron chi connectivity index (χ1n) is 9.45. The van der Waals surface area contributed by atoms with Crippen molar-refractivity contribution in [1.29, 1.82) is 0 Å². The summed E-state index contributed by atoms with van der Waals surface area (Å²) in [7, 11) is 0. The lowest BCUT2D eigenvalue weighted by atomic mass is 10.0. The molecule has 3 rings (SSSR count). The van der Waals surface area contributed by atoms with E-state index < -0.39 is 5.60 Å². The Hall–Kier alpha value is -2.75. The molecule has 0 radical (unpaired) electrons. The molecule has 1 fully saturated rings. The molecule has 1 amide bonds. The van der Waals surface area contributed by atoms with Crippen molar-refractivity contribution in [1.82, 2.24) is 10.2 Å². The van der Waals surface area contributed by atoms with Crippen molar-refractivity contribution in [2.24, 2.45) is 0 Å². The van der Waals surface area contributed by atoms with Gasteiger partial charge in [0.1, 0.15) is 11.4 Å². The number of benzene rings is 1. The number of aromatic hydroxyl groups is 1. The molecule has 0 unspecified atom stereocenters. The minimum Gasteiger partial charge on any atom is -0.508 e. The van der Waals surface area contributed by atoms with Crippen LogP contribution >= 0.6 is 0 Å². The van der Waals surface area contributed by atoms with Crippen molar-refractivity contribution in [3.63, 3.8) is 0 Å². The molecule has 0 saturated carbocycles. The number of carbonyl (C=O) groups is 1. The number of hydrogen-bond donors (Lipinski definition) is 3. The fourth-order valence-corrected chi connectivity index (χ4v) is 3.23. The van der Waals surface area contributed by atoms with Gasteiger partial charge < -0.3 is 19.9 Å². The average Bonchev–Trinajstić information content (AvgIpc) is 3.09. The summed E-state index contributed by atoms with van der Waals surface area (Å²) >= 11 is 0. The molecule has 1 aromatic heterocycles. The Morgan fingerprint density at radius 2 is 2.18 bits per heavy atom. The van der Waals surface area contributed by atoms with Gasteiger partial charge in [-0.2, -0.15) is 0 Å². The molecule has 1 aliphatic heterocycles. The summed E-state index contributed by atoms with van der Waals surface area (Å²) < 4.78 is 5.48. The third-order valence-electron chi connectivity index (χ3n) is 4.48. The lowest BCUT2D eigenvalue weighted by Gasteiger charge is -2.33. The molecule has 3 N–H and O–H groups in total. The van der Waals surface area contributed by atoms with Crippen molar-refractivity contribution < 1.29 is 19.4 Å². The van der Waals surface area contributed by atoms with Gasteiger partial charge in [-0.3, -0.25) is 9.69 Å². The number of carbonyl (C=O) groups excluding carboxylic acids is 1. The summed E-state index contributed by atoms with van der Waals surface area (Å²) in [4.78, 5) is 14.8. The van der Waals surface area contributed by atoms with Crippen molar-refractivity contribution in [3.8, 4) is 17.6 Å². The topological polar surface area (TPSA) is 85.9 Å². The molecule has 6 nitrogen and oxygen atoms in total. The maximum absolute atomic E-state index is 12.5. The van der Waals surface area contributed by atoms with Crippen LogP contribution in [-0.2, 0) is 6.54 Å². The number of nitrogens with one attached hydrogen (secondary N) is 1. The third-order valence-corrected chi connectivity index (χ3v) is 4.48. The second-order valence-corrected chi connectivity index (χ2v) is 7.69. The van der Waals surface area contributed by atoms with Crippen molar-refractivity contribution >= 4 is 5.91 Å². The summed E-state index contributed by atoms with van der Waals surface area (Å²) in [6.45, 7) is 5.61. The number of amides is 1.